The summed E-state index contributed by atoms with van der Waals surface area (Å²) >= 11 is 6.79. The average Bonchev–Trinajstić information content (AvgIpc) is 3.26. The summed E-state index contributed by atoms with van der Waals surface area (Å²) in [4.78, 5) is 14.2. The number of nitrogen functional groups attached to an aromatic ring is 1. The molecule has 6 rings (SSSR count). The van der Waals surface area contributed by atoms with E-state index in [-0.39, 0.29) is 0 Å². The number of aromatic nitrogens is 4. The maximum atomic E-state index is 6.79. The Bertz CT molecular complexity index is 1490. The number of nitrogens with zero attached hydrogens (tertiary/aromatic N) is 4. The van der Waals surface area contributed by atoms with E-state index in [1.807, 2.05) is 60.8 Å². The molecule has 1 aliphatic carbocycles. The van der Waals surface area contributed by atoms with Gasteiger partial charge in [-0.1, -0.05) is 49.1 Å². The van der Waals surface area contributed by atoms with Crippen LogP contribution in [-0.2, 0) is 0 Å². The molecule has 170 valence electrons. The van der Waals surface area contributed by atoms with Gasteiger partial charge in [0.2, 0.25) is 5.88 Å². The van der Waals surface area contributed by atoms with Gasteiger partial charge >= 0.3 is 0 Å². The van der Waals surface area contributed by atoms with E-state index in [0.29, 0.717) is 22.6 Å². The fourth-order valence-electron chi connectivity index (χ4n) is 4.90. The molecule has 6 nitrogen and oxygen atoms in total. The number of hydrogen-bond donors (Lipinski definition) is 1. The van der Waals surface area contributed by atoms with E-state index in [1.54, 1.807) is 6.20 Å². The highest BCUT2D eigenvalue weighted by atomic mass is 35.5. The van der Waals surface area contributed by atoms with Gasteiger partial charge in [0.25, 0.3) is 0 Å². The molecule has 3 aromatic heterocycles. The van der Waals surface area contributed by atoms with Gasteiger partial charge in [0.15, 0.2) is 0 Å². The lowest BCUT2D eigenvalue weighted by Gasteiger charge is -2.20. The smallest absolute Gasteiger partial charge is 0.219 e. The number of hydrogen-bond acceptors (Lipinski definition) is 5. The molecule has 3 heterocycles. The maximum Gasteiger partial charge on any atom is 0.219 e. The maximum absolute atomic E-state index is 6.79. The molecule has 2 N–H and O–H groups in total. The second kappa shape index (κ2) is 8.61. The van der Waals surface area contributed by atoms with Gasteiger partial charge in [-0.2, -0.15) is 0 Å². The second-order valence-corrected chi connectivity index (χ2v) is 9.18. The zero-order chi connectivity index (χ0) is 23.1. The van der Waals surface area contributed by atoms with Gasteiger partial charge in [0, 0.05) is 35.3 Å². The summed E-state index contributed by atoms with van der Waals surface area (Å²) in [5.74, 6) is 3.13. The molecule has 1 aliphatic rings. The van der Waals surface area contributed by atoms with Crippen molar-refractivity contribution in [3.8, 4) is 22.9 Å². The van der Waals surface area contributed by atoms with Crippen molar-refractivity contribution < 1.29 is 4.74 Å². The normalized spacial score (nSPS) is 14.6. The molecule has 0 atom stereocenters. The fourth-order valence-corrected chi connectivity index (χ4v) is 5.16. The minimum Gasteiger partial charge on any atom is -0.439 e. The summed E-state index contributed by atoms with van der Waals surface area (Å²) in [6.07, 6.45) is 9.68. The van der Waals surface area contributed by atoms with Crippen LogP contribution in [0.2, 0.25) is 5.02 Å². The van der Waals surface area contributed by atoms with Crippen molar-refractivity contribution in [2.45, 2.75) is 38.0 Å². The molecule has 1 saturated carbocycles. The monoisotopic (exact) mass is 469 g/mol. The third-order valence-corrected chi connectivity index (χ3v) is 6.87. The molecule has 0 radical (unpaired) electrons. The van der Waals surface area contributed by atoms with E-state index < -0.39 is 0 Å². The van der Waals surface area contributed by atoms with E-state index in [2.05, 4.69) is 9.38 Å². The molecule has 0 bridgehead atoms. The van der Waals surface area contributed by atoms with Gasteiger partial charge in [-0.05, 0) is 43.2 Å². The van der Waals surface area contributed by atoms with Crippen LogP contribution in [0.5, 0.6) is 11.6 Å². The number of halogens is 1. The number of pyridine rings is 1. The molecule has 0 amide bonds. The van der Waals surface area contributed by atoms with E-state index >= 15 is 0 Å². The van der Waals surface area contributed by atoms with Crippen LogP contribution in [0.25, 0.3) is 27.7 Å². The minimum absolute atomic E-state index is 0.403. The SMILES string of the molecule is Nc1nccn2c(C3CCCCC3)nc(-c3cc4nc(Oc5ccccc5)ccc4cc3Cl)c12. The minimum atomic E-state index is 0.403. The van der Waals surface area contributed by atoms with Gasteiger partial charge in [-0.3, -0.25) is 4.40 Å². The Morgan fingerprint density at radius 3 is 2.62 bits per heavy atom. The average molecular weight is 470 g/mol. The molecule has 34 heavy (non-hydrogen) atoms. The number of anilines is 1. The number of nitrogens with two attached hydrogens (primary N) is 1. The van der Waals surface area contributed by atoms with Crippen molar-refractivity contribution in [3.63, 3.8) is 0 Å². The molecule has 5 aromatic rings. The van der Waals surface area contributed by atoms with Gasteiger partial charge in [-0.25, -0.2) is 15.0 Å². The third kappa shape index (κ3) is 3.74. The van der Waals surface area contributed by atoms with Crippen molar-refractivity contribution in [1.82, 2.24) is 19.4 Å². The Balaban J connectivity index is 1.49. The quantitative estimate of drug-likeness (QED) is 0.306. The zero-order valence-electron chi connectivity index (χ0n) is 18.6. The summed E-state index contributed by atoms with van der Waals surface area (Å²) in [5.41, 5.74) is 9.46. The molecule has 0 saturated heterocycles. The number of rotatable bonds is 4. The molecule has 0 unspecified atom stereocenters. The first kappa shape index (κ1) is 20.9. The Morgan fingerprint density at radius 1 is 0.971 bits per heavy atom. The van der Waals surface area contributed by atoms with Crippen LogP contribution in [0, 0.1) is 0 Å². The first-order valence-corrected chi connectivity index (χ1v) is 12.0. The van der Waals surface area contributed by atoms with Crippen LogP contribution >= 0.6 is 11.6 Å². The van der Waals surface area contributed by atoms with Crippen molar-refractivity contribution >= 4 is 33.8 Å². The largest absolute Gasteiger partial charge is 0.439 e. The second-order valence-electron chi connectivity index (χ2n) is 8.77. The van der Waals surface area contributed by atoms with Crippen molar-refractivity contribution in [3.05, 3.63) is 77.8 Å². The zero-order valence-corrected chi connectivity index (χ0v) is 19.4. The van der Waals surface area contributed by atoms with E-state index in [0.717, 1.165) is 52.1 Å². The van der Waals surface area contributed by atoms with Crippen LogP contribution in [0.3, 0.4) is 0 Å². The van der Waals surface area contributed by atoms with Crippen LogP contribution in [-0.4, -0.2) is 19.4 Å². The molecule has 2 aromatic carbocycles. The summed E-state index contributed by atoms with van der Waals surface area (Å²) in [7, 11) is 0. The highest BCUT2D eigenvalue weighted by molar-refractivity contribution is 6.34. The predicted molar refractivity (Wildman–Crippen MR) is 135 cm³/mol. The fraction of sp³-hybridized carbons (Fsp3) is 0.222. The Labute approximate surface area is 202 Å². The Morgan fingerprint density at radius 2 is 1.79 bits per heavy atom. The number of ether oxygens (including phenoxy) is 1. The van der Waals surface area contributed by atoms with Crippen LogP contribution in [0.1, 0.15) is 43.8 Å². The standard InChI is InChI=1S/C27H24ClN5O/c28-21-15-18-11-12-23(34-19-9-5-2-6-10-19)31-22(18)16-20(21)24-25-26(29)30-13-14-33(25)27(32-24)17-7-3-1-4-8-17/h2,5-6,9-17H,1,3-4,7-8H2,(H2,29,30). The van der Waals surface area contributed by atoms with Crippen LogP contribution in [0.15, 0.2) is 67.0 Å². The highest BCUT2D eigenvalue weighted by Gasteiger charge is 2.25. The lowest BCUT2D eigenvalue weighted by atomic mass is 9.89. The van der Waals surface area contributed by atoms with Gasteiger partial charge in [0.1, 0.15) is 28.6 Å². The highest BCUT2D eigenvalue weighted by Crippen LogP contribution is 2.39. The first-order valence-electron chi connectivity index (χ1n) is 11.6. The Hall–Kier alpha value is -3.64. The summed E-state index contributed by atoms with van der Waals surface area (Å²) < 4.78 is 8.04. The number of imidazole rings is 1. The third-order valence-electron chi connectivity index (χ3n) is 6.55. The van der Waals surface area contributed by atoms with Crippen LogP contribution in [0.4, 0.5) is 5.82 Å². The van der Waals surface area contributed by atoms with E-state index in [1.165, 1.54) is 19.3 Å². The van der Waals surface area contributed by atoms with Crippen molar-refractivity contribution in [2.75, 3.05) is 5.73 Å². The summed E-state index contributed by atoms with van der Waals surface area (Å²) in [5, 5.41) is 1.53. The topological polar surface area (TPSA) is 78.3 Å². The molecule has 0 aliphatic heterocycles. The number of para-hydroxylation sites is 1. The van der Waals surface area contributed by atoms with Gasteiger partial charge in [0.05, 0.1) is 10.5 Å². The first-order chi connectivity index (χ1) is 16.7. The summed E-state index contributed by atoms with van der Waals surface area (Å²) in [6.45, 7) is 0. The molecule has 7 heteroatoms. The predicted octanol–water partition coefficient (Wildman–Crippen LogP) is 7.02. The van der Waals surface area contributed by atoms with E-state index in [4.69, 9.17) is 32.0 Å². The summed E-state index contributed by atoms with van der Waals surface area (Å²) in [6, 6.07) is 17.3. The number of benzene rings is 2. The van der Waals surface area contributed by atoms with Crippen molar-refractivity contribution in [1.29, 1.82) is 0 Å². The molecule has 0 spiro atoms. The van der Waals surface area contributed by atoms with Crippen molar-refractivity contribution in [2.24, 2.45) is 0 Å². The lowest BCUT2D eigenvalue weighted by Crippen LogP contribution is -2.09. The van der Waals surface area contributed by atoms with Gasteiger partial charge < -0.3 is 10.5 Å². The molecular weight excluding hydrogens is 446 g/mol. The Kier molecular flexibility index (Phi) is 5.30. The van der Waals surface area contributed by atoms with E-state index in [9.17, 15) is 0 Å². The molecular formula is C27H24ClN5O. The van der Waals surface area contributed by atoms with Gasteiger partial charge in [-0.15, -0.1) is 0 Å². The lowest BCUT2D eigenvalue weighted by molar-refractivity contribution is 0.428. The number of fused-ring (bicyclic) bond motifs is 2. The van der Waals surface area contributed by atoms with Crippen LogP contribution < -0.4 is 10.5 Å². The molecule has 1 fully saturated rings.